The molecule has 104 valence electrons. The third-order valence-electron chi connectivity index (χ3n) is 4.03. The van der Waals surface area contributed by atoms with Gasteiger partial charge < -0.3 is 5.32 Å². The van der Waals surface area contributed by atoms with E-state index in [1.807, 2.05) is 12.1 Å². The Labute approximate surface area is 132 Å². The Morgan fingerprint density at radius 3 is 2.60 bits per heavy atom. The first-order chi connectivity index (χ1) is 9.63. The van der Waals surface area contributed by atoms with Gasteiger partial charge in [-0.1, -0.05) is 24.3 Å². The summed E-state index contributed by atoms with van der Waals surface area (Å²) in [6, 6.07) is 14.0. The SMILES string of the molecule is Cc1ccc(NC2CC(c3ccccc3F)C2)cc1I. The summed E-state index contributed by atoms with van der Waals surface area (Å²) in [5, 5.41) is 3.54. The van der Waals surface area contributed by atoms with Crippen molar-refractivity contribution in [1.82, 2.24) is 0 Å². The highest BCUT2D eigenvalue weighted by Gasteiger charge is 2.31. The fourth-order valence-corrected chi connectivity index (χ4v) is 3.23. The average molecular weight is 381 g/mol. The molecule has 0 saturated heterocycles. The Hall–Kier alpha value is -1.10. The van der Waals surface area contributed by atoms with E-state index in [-0.39, 0.29) is 5.82 Å². The zero-order chi connectivity index (χ0) is 14.1. The van der Waals surface area contributed by atoms with Crippen LogP contribution < -0.4 is 5.32 Å². The monoisotopic (exact) mass is 381 g/mol. The summed E-state index contributed by atoms with van der Waals surface area (Å²) in [6.07, 6.45) is 2.01. The Morgan fingerprint density at radius 1 is 1.15 bits per heavy atom. The fraction of sp³-hybridized carbons (Fsp3) is 0.294. The van der Waals surface area contributed by atoms with E-state index < -0.39 is 0 Å². The van der Waals surface area contributed by atoms with Crippen LogP contribution in [-0.4, -0.2) is 6.04 Å². The number of benzene rings is 2. The van der Waals surface area contributed by atoms with E-state index in [2.05, 4.69) is 53.0 Å². The summed E-state index contributed by atoms with van der Waals surface area (Å²) in [4.78, 5) is 0. The van der Waals surface area contributed by atoms with Crippen molar-refractivity contribution in [3.63, 3.8) is 0 Å². The van der Waals surface area contributed by atoms with Gasteiger partial charge in [-0.05, 0) is 77.6 Å². The number of rotatable bonds is 3. The summed E-state index contributed by atoms with van der Waals surface area (Å²) < 4.78 is 15.0. The molecule has 1 N–H and O–H groups in total. The maximum atomic E-state index is 13.7. The molecule has 1 fully saturated rings. The van der Waals surface area contributed by atoms with E-state index in [1.165, 1.54) is 9.13 Å². The van der Waals surface area contributed by atoms with Crippen molar-refractivity contribution >= 4 is 28.3 Å². The molecule has 1 saturated carbocycles. The van der Waals surface area contributed by atoms with Crippen LogP contribution in [0.3, 0.4) is 0 Å². The first kappa shape index (κ1) is 13.9. The molecule has 0 unspecified atom stereocenters. The molecule has 0 amide bonds. The largest absolute Gasteiger partial charge is 0.382 e. The molecule has 0 heterocycles. The van der Waals surface area contributed by atoms with Crippen LogP contribution in [0, 0.1) is 16.3 Å². The molecule has 3 heteroatoms. The van der Waals surface area contributed by atoms with Crippen LogP contribution in [-0.2, 0) is 0 Å². The van der Waals surface area contributed by atoms with Gasteiger partial charge in [-0.15, -0.1) is 0 Å². The lowest BCUT2D eigenvalue weighted by atomic mass is 9.75. The molecule has 3 rings (SSSR count). The smallest absolute Gasteiger partial charge is 0.126 e. The molecule has 2 aromatic rings. The van der Waals surface area contributed by atoms with Gasteiger partial charge in [0.15, 0.2) is 0 Å². The van der Waals surface area contributed by atoms with Crippen molar-refractivity contribution < 1.29 is 4.39 Å². The number of aryl methyl sites for hydroxylation is 1. The molecule has 0 spiro atoms. The number of nitrogens with one attached hydrogen (secondary N) is 1. The van der Waals surface area contributed by atoms with Gasteiger partial charge in [0.1, 0.15) is 5.82 Å². The molecule has 0 aromatic heterocycles. The molecule has 1 nitrogen and oxygen atoms in total. The summed E-state index contributed by atoms with van der Waals surface area (Å²) in [5.74, 6) is 0.291. The van der Waals surface area contributed by atoms with Gasteiger partial charge in [0.25, 0.3) is 0 Å². The van der Waals surface area contributed by atoms with Crippen LogP contribution in [0.15, 0.2) is 42.5 Å². The summed E-state index contributed by atoms with van der Waals surface area (Å²) in [7, 11) is 0. The first-order valence-corrected chi connectivity index (χ1v) is 7.98. The molecular weight excluding hydrogens is 364 g/mol. The van der Waals surface area contributed by atoms with E-state index in [0.717, 1.165) is 24.1 Å². The van der Waals surface area contributed by atoms with Gasteiger partial charge in [0, 0.05) is 15.3 Å². The van der Waals surface area contributed by atoms with Crippen molar-refractivity contribution in [3.8, 4) is 0 Å². The maximum Gasteiger partial charge on any atom is 0.126 e. The first-order valence-electron chi connectivity index (χ1n) is 6.90. The molecule has 20 heavy (non-hydrogen) atoms. The van der Waals surface area contributed by atoms with Gasteiger partial charge in [0.2, 0.25) is 0 Å². The average Bonchev–Trinajstić information content (AvgIpc) is 2.39. The van der Waals surface area contributed by atoms with Crippen LogP contribution in [0.25, 0.3) is 0 Å². The molecule has 1 aliphatic rings. The van der Waals surface area contributed by atoms with Gasteiger partial charge in [-0.2, -0.15) is 0 Å². The predicted molar refractivity (Wildman–Crippen MR) is 89.7 cm³/mol. The van der Waals surface area contributed by atoms with Crippen LogP contribution in [0.4, 0.5) is 10.1 Å². The van der Waals surface area contributed by atoms with E-state index in [4.69, 9.17) is 0 Å². The molecular formula is C17H17FIN. The molecule has 0 bridgehead atoms. The van der Waals surface area contributed by atoms with E-state index in [0.29, 0.717) is 12.0 Å². The summed E-state index contributed by atoms with van der Waals surface area (Å²) in [6.45, 7) is 2.11. The van der Waals surface area contributed by atoms with Crippen molar-refractivity contribution in [1.29, 1.82) is 0 Å². The van der Waals surface area contributed by atoms with Crippen LogP contribution in [0.5, 0.6) is 0 Å². The zero-order valence-corrected chi connectivity index (χ0v) is 13.5. The number of hydrogen-bond acceptors (Lipinski definition) is 1. The lowest BCUT2D eigenvalue weighted by Gasteiger charge is -2.37. The quantitative estimate of drug-likeness (QED) is 0.730. The maximum absolute atomic E-state index is 13.7. The minimum absolute atomic E-state index is 0.0687. The number of hydrogen-bond donors (Lipinski definition) is 1. The van der Waals surface area contributed by atoms with E-state index in [1.54, 1.807) is 12.1 Å². The second kappa shape index (κ2) is 5.72. The normalized spacial score (nSPS) is 21.4. The summed E-state index contributed by atoms with van der Waals surface area (Å²) in [5.41, 5.74) is 3.33. The van der Waals surface area contributed by atoms with Gasteiger partial charge in [-0.25, -0.2) is 4.39 Å². The Kier molecular flexibility index (Phi) is 3.96. The lowest BCUT2D eigenvalue weighted by Crippen LogP contribution is -2.34. The highest BCUT2D eigenvalue weighted by atomic mass is 127. The third-order valence-corrected chi connectivity index (χ3v) is 5.19. The van der Waals surface area contributed by atoms with Crippen molar-refractivity contribution in [2.45, 2.75) is 31.7 Å². The van der Waals surface area contributed by atoms with E-state index >= 15 is 0 Å². The topological polar surface area (TPSA) is 12.0 Å². The van der Waals surface area contributed by atoms with Crippen LogP contribution in [0.1, 0.15) is 29.9 Å². The fourth-order valence-electron chi connectivity index (χ4n) is 2.71. The lowest BCUT2D eigenvalue weighted by molar-refractivity contribution is 0.363. The predicted octanol–water partition coefficient (Wildman–Crippen LogP) is 5.10. The minimum atomic E-state index is -0.0687. The summed E-state index contributed by atoms with van der Waals surface area (Å²) >= 11 is 2.35. The Bertz CT molecular complexity index is 620. The van der Waals surface area contributed by atoms with Gasteiger partial charge in [-0.3, -0.25) is 0 Å². The highest BCUT2D eigenvalue weighted by Crippen LogP contribution is 2.39. The van der Waals surface area contributed by atoms with Crippen LogP contribution in [0.2, 0.25) is 0 Å². The Morgan fingerprint density at radius 2 is 1.90 bits per heavy atom. The number of anilines is 1. The minimum Gasteiger partial charge on any atom is -0.382 e. The second-order valence-corrected chi connectivity index (χ2v) is 6.66. The zero-order valence-electron chi connectivity index (χ0n) is 11.4. The Balaban J connectivity index is 1.61. The van der Waals surface area contributed by atoms with Gasteiger partial charge >= 0.3 is 0 Å². The van der Waals surface area contributed by atoms with Crippen LogP contribution >= 0.6 is 22.6 Å². The molecule has 0 radical (unpaired) electrons. The number of halogens is 2. The molecule has 1 aliphatic carbocycles. The van der Waals surface area contributed by atoms with Gasteiger partial charge in [0.05, 0.1) is 0 Å². The molecule has 0 aliphatic heterocycles. The standard InChI is InChI=1S/C17H17FIN/c1-11-6-7-13(10-17(11)19)20-14-8-12(9-14)15-4-2-3-5-16(15)18/h2-7,10,12,14,20H,8-9H2,1H3. The van der Waals surface area contributed by atoms with Crippen molar-refractivity contribution in [2.75, 3.05) is 5.32 Å². The third kappa shape index (κ3) is 2.82. The molecule has 2 aromatic carbocycles. The van der Waals surface area contributed by atoms with Crippen molar-refractivity contribution in [3.05, 3.63) is 63.0 Å². The van der Waals surface area contributed by atoms with E-state index in [9.17, 15) is 4.39 Å². The second-order valence-electron chi connectivity index (χ2n) is 5.50. The highest BCUT2D eigenvalue weighted by molar-refractivity contribution is 14.1. The van der Waals surface area contributed by atoms with Crippen molar-refractivity contribution in [2.24, 2.45) is 0 Å². The molecule has 0 atom stereocenters.